The van der Waals surface area contributed by atoms with Crippen molar-refractivity contribution >= 4 is 23.4 Å². The molecule has 1 heterocycles. The van der Waals surface area contributed by atoms with Crippen LogP contribution in [0.4, 0.5) is 11.4 Å². The van der Waals surface area contributed by atoms with E-state index in [9.17, 15) is 4.79 Å². The molecule has 0 fully saturated rings. The van der Waals surface area contributed by atoms with Crippen LogP contribution in [0.1, 0.15) is 35.3 Å². The molecule has 1 N–H and O–H groups in total. The first-order valence-corrected chi connectivity index (χ1v) is 8.11. The van der Waals surface area contributed by atoms with E-state index in [0.717, 1.165) is 28.3 Å². The number of ether oxygens (including phenoxy) is 2. The SMILES string of the molecule is CCOC(=O)c1cc2c(c(Nc3ccccc3)c1C)OC(C)C=C2. The predicted molar refractivity (Wildman–Crippen MR) is 96.0 cm³/mol. The van der Waals surface area contributed by atoms with E-state index in [-0.39, 0.29) is 12.1 Å². The van der Waals surface area contributed by atoms with Crippen molar-refractivity contribution in [3.05, 3.63) is 59.2 Å². The summed E-state index contributed by atoms with van der Waals surface area (Å²) >= 11 is 0. The third-order valence-electron chi connectivity index (χ3n) is 3.96. The largest absolute Gasteiger partial charge is 0.484 e. The lowest BCUT2D eigenvalue weighted by atomic mass is 9.98. The Hall–Kier alpha value is -2.75. The van der Waals surface area contributed by atoms with E-state index in [0.29, 0.717) is 12.2 Å². The van der Waals surface area contributed by atoms with E-state index < -0.39 is 0 Å². The Labute approximate surface area is 142 Å². The first-order chi connectivity index (χ1) is 11.6. The first kappa shape index (κ1) is 16.1. The molecule has 124 valence electrons. The van der Waals surface area contributed by atoms with Crippen LogP contribution in [-0.2, 0) is 4.74 Å². The number of carbonyl (C=O) groups is 1. The Bertz CT molecular complexity index is 781. The van der Waals surface area contributed by atoms with Crippen LogP contribution in [0.15, 0.2) is 42.5 Å². The maximum Gasteiger partial charge on any atom is 0.338 e. The minimum Gasteiger partial charge on any atom is -0.484 e. The van der Waals surface area contributed by atoms with Gasteiger partial charge in [-0.25, -0.2) is 4.79 Å². The Balaban J connectivity index is 2.12. The van der Waals surface area contributed by atoms with Gasteiger partial charge in [0.15, 0.2) is 5.75 Å². The Morgan fingerprint density at radius 1 is 1.29 bits per heavy atom. The number of para-hydroxylation sites is 1. The number of rotatable bonds is 4. The molecule has 0 aliphatic carbocycles. The molecule has 1 aliphatic rings. The molecule has 0 radical (unpaired) electrons. The van der Waals surface area contributed by atoms with E-state index in [1.54, 1.807) is 6.92 Å². The van der Waals surface area contributed by atoms with Crippen LogP contribution < -0.4 is 10.1 Å². The molecule has 1 aliphatic heterocycles. The highest BCUT2D eigenvalue weighted by atomic mass is 16.5. The van der Waals surface area contributed by atoms with Gasteiger partial charge >= 0.3 is 5.97 Å². The highest BCUT2D eigenvalue weighted by molar-refractivity contribution is 5.96. The van der Waals surface area contributed by atoms with Gasteiger partial charge in [0, 0.05) is 11.3 Å². The number of benzene rings is 2. The maximum atomic E-state index is 12.3. The summed E-state index contributed by atoms with van der Waals surface area (Å²) in [6, 6.07) is 11.7. The van der Waals surface area contributed by atoms with E-state index >= 15 is 0 Å². The lowest BCUT2D eigenvalue weighted by Crippen LogP contribution is -2.16. The molecule has 2 aromatic carbocycles. The molecular formula is C20H21NO3. The molecule has 3 rings (SSSR count). The van der Waals surface area contributed by atoms with Crippen LogP contribution >= 0.6 is 0 Å². The smallest absolute Gasteiger partial charge is 0.338 e. The molecule has 0 bridgehead atoms. The van der Waals surface area contributed by atoms with Crippen LogP contribution in [-0.4, -0.2) is 18.7 Å². The van der Waals surface area contributed by atoms with Gasteiger partial charge in [-0.05, 0) is 50.6 Å². The Morgan fingerprint density at radius 3 is 2.75 bits per heavy atom. The van der Waals surface area contributed by atoms with Crippen molar-refractivity contribution < 1.29 is 14.3 Å². The number of hydrogen-bond acceptors (Lipinski definition) is 4. The second-order valence-electron chi connectivity index (χ2n) is 5.74. The molecule has 0 saturated heterocycles. The van der Waals surface area contributed by atoms with Crippen LogP contribution in [0.25, 0.3) is 6.08 Å². The third-order valence-corrected chi connectivity index (χ3v) is 3.96. The van der Waals surface area contributed by atoms with Gasteiger partial charge in [0.1, 0.15) is 6.10 Å². The molecule has 24 heavy (non-hydrogen) atoms. The summed E-state index contributed by atoms with van der Waals surface area (Å²) in [5, 5.41) is 3.39. The van der Waals surface area contributed by atoms with Crippen molar-refractivity contribution in [2.75, 3.05) is 11.9 Å². The van der Waals surface area contributed by atoms with E-state index in [1.165, 1.54) is 0 Å². The maximum absolute atomic E-state index is 12.3. The molecule has 0 saturated carbocycles. The fraction of sp³-hybridized carbons (Fsp3) is 0.250. The summed E-state index contributed by atoms with van der Waals surface area (Å²) in [5.41, 5.74) is 3.99. The number of carbonyl (C=O) groups excluding carboxylic acids is 1. The second kappa shape index (κ2) is 6.79. The fourth-order valence-corrected chi connectivity index (χ4v) is 2.73. The minimum atomic E-state index is -0.319. The minimum absolute atomic E-state index is 0.0123. The van der Waals surface area contributed by atoms with Gasteiger partial charge in [-0.3, -0.25) is 0 Å². The van der Waals surface area contributed by atoms with Crippen LogP contribution in [0.2, 0.25) is 0 Å². The van der Waals surface area contributed by atoms with Gasteiger partial charge in [-0.1, -0.05) is 24.3 Å². The predicted octanol–water partition coefficient (Wildman–Crippen LogP) is 4.71. The van der Waals surface area contributed by atoms with E-state index in [1.807, 2.05) is 62.4 Å². The monoisotopic (exact) mass is 323 g/mol. The normalized spacial score (nSPS) is 15.4. The zero-order valence-electron chi connectivity index (χ0n) is 14.1. The van der Waals surface area contributed by atoms with Crippen LogP contribution in [0, 0.1) is 6.92 Å². The second-order valence-corrected chi connectivity index (χ2v) is 5.74. The average Bonchev–Trinajstić information content (AvgIpc) is 2.58. The van der Waals surface area contributed by atoms with Crippen molar-refractivity contribution in [3.63, 3.8) is 0 Å². The molecule has 2 aromatic rings. The molecule has 4 nitrogen and oxygen atoms in total. The molecule has 1 atom stereocenters. The summed E-state index contributed by atoms with van der Waals surface area (Å²) in [6.45, 7) is 6.05. The zero-order chi connectivity index (χ0) is 17.1. The standard InChI is InChI=1S/C20H21NO3/c1-4-23-20(22)17-12-15-11-10-13(2)24-19(15)18(14(17)3)21-16-8-6-5-7-9-16/h5-13,21H,4H2,1-3H3. The van der Waals surface area contributed by atoms with Gasteiger partial charge in [0.25, 0.3) is 0 Å². The molecule has 4 heteroatoms. The van der Waals surface area contributed by atoms with Crippen molar-refractivity contribution in [2.24, 2.45) is 0 Å². The molecule has 0 spiro atoms. The molecule has 0 amide bonds. The van der Waals surface area contributed by atoms with Crippen molar-refractivity contribution in [3.8, 4) is 5.75 Å². The number of esters is 1. The number of anilines is 2. The average molecular weight is 323 g/mol. The highest BCUT2D eigenvalue weighted by Gasteiger charge is 2.23. The van der Waals surface area contributed by atoms with Crippen LogP contribution in [0.3, 0.4) is 0 Å². The van der Waals surface area contributed by atoms with Crippen molar-refractivity contribution in [2.45, 2.75) is 26.9 Å². The molecule has 0 aromatic heterocycles. The summed E-state index contributed by atoms with van der Waals surface area (Å²) in [7, 11) is 0. The summed E-state index contributed by atoms with van der Waals surface area (Å²) in [5.74, 6) is 0.445. The van der Waals surface area contributed by atoms with E-state index in [4.69, 9.17) is 9.47 Å². The summed E-state index contributed by atoms with van der Waals surface area (Å²) in [6.07, 6.45) is 3.95. The quantitative estimate of drug-likeness (QED) is 0.828. The number of nitrogens with one attached hydrogen (secondary N) is 1. The fourth-order valence-electron chi connectivity index (χ4n) is 2.73. The van der Waals surface area contributed by atoms with Crippen molar-refractivity contribution in [1.82, 2.24) is 0 Å². The number of hydrogen-bond donors (Lipinski definition) is 1. The Kier molecular flexibility index (Phi) is 4.56. The lowest BCUT2D eigenvalue weighted by molar-refractivity contribution is 0.0525. The van der Waals surface area contributed by atoms with Crippen LogP contribution in [0.5, 0.6) is 5.75 Å². The Morgan fingerprint density at radius 2 is 2.04 bits per heavy atom. The topological polar surface area (TPSA) is 47.6 Å². The van der Waals surface area contributed by atoms with Crippen molar-refractivity contribution in [1.29, 1.82) is 0 Å². The van der Waals surface area contributed by atoms with Gasteiger partial charge in [0.2, 0.25) is 0 Å². The summed E-state index contributed by atoms with van der Waals surface area (Å²) in [4.78, 5) is 12.3. The van der Waals surface area contributed by atoms with Gasteiger partial charge in [-0.15, -0.1) is 0 Å². The summed E-state index contributed by atoms with van der Waals surface area (Å²) < 4.78 is 11.2. The zero-order valence-corrected chi connectivity index (χ0v) is 14.1. The molecular weight excluding hydrogens is 302 g/mol. The molecule has 1 unspecified atom stereocenters. The first-order valence-electron chi connectivity index (χ1n) is 8.11. The van der Waals surface area contributed by atoms with E-state index in [2.05, 4.69) is 5.32 Å². The highest BCUT2D eigenvalue weighted by Crippen LogP contribution is 2.40. The lowest BCUT2D eigenvalue weighted by Gasteiger charge is -2.25. The number of fused-ring (bicyclic) bond motifs is 1. The third kappa shape index (κ3) is 3.13. The van der Waals surface area contributed by atoms with Gasteiger partial charge in [0.05, 0.1) is 17.9 Å². The van der Waals surface area contributed by atoms with Gasteiger partial charge in [-0.2, -0.15) is 0 Å². The van der Waals surface area contributed by atoms with Gasteiger partial charge < -0.3 is 14.8 Å².